The van der Waals surface area contributed by atoms with Crippen LogP contribution < -0.4 is 5.73 Å². The molecule has 1 aromatic carbocycles. The normalized spacial score (nSPS) is 10.7. The monoisotopic (exact) mass is 251 g/mol. The van der Waals surface area contributed by atoms with E-state index in [4.69, 9.17) is 5.73 Å². The highest BCUT2D eigenvalue weighted by molar-refractivity contribution is 7.99. The van der Waals surface area contributed by atoms with Gasteiger partial charge in [0.05, 0.1) is 6.20 Å². The first-order chi connectivity index (χ1) is 8.13. The van der Waals surface area contributed by atoms with E-state index in [9.17, 15) is 4.39 Å². The molecule has 2 aromatic rings. The lowest BCUT2D eigenvalue weighted by Gasteiger charge is -2.02. The molecule has 5 heteroatoms. The van der Waals surface area contributed by atoms with Crippen LogP contribution >= 0.6 is 11.8 Å². The lowest BCUT2D eigenvalue weighted by molar-refractivity contribution is 0.625. The van der Waals surface area contributed by atoms with Crippen molar-refractivity contribution < 1.29 is 4.39 Å². The average molecular weight is 251 g/mol. The van der Waals surface area contributed by atoms with Crippen LogP contribution in [0.5, 0.6) is 0 Å². The van der Waals surface area contributed by atoms with Crippen LogP contribution in [0.3, 0.4) is 0 Å². The van der Waals surface area contributed by atoms with Gasteiger partial charge >= 0.3 is 0 Å². The molecular weight excluding hydrogens is 237 g/mol. The summed E-state index contributed by atoms with van der Waals surface area (Å²) in [5.74, 6) is 0.600. The number of aryl methyl sites for hydroxylation is 2. The second kappa shape index (κ2) is 5.23. The zero-order valence-corrected chi connectivity index (χ0v) is 10.4. The van der Waals surface area contributed by atoms with Gasteiger partial charge in [-0.15, -0.1) is 11.8 Å². The van der Waals surface area contributed by atoms with E-state index in [0.29, 0.717) is 5.69 Å². The molecule has 0 aliphatic heterocycles. The van der Waals surface area contributed by atoms with Crippen LogP contribution in [0.1, 0.15) is 5.56 Å². The van der Waals surface area contributed by atoms with Crippen molar-refractivity contribution >= 4 is 17.4 Å². The lowest BCUT2D eigenvalue weighted by Crippen LogP contribution is -1.90. The third kappa shape index (κ3) is 3.49. The number of thioether (sulfide) groups is 1. The summed E-state index contributed by atoms with van der Waals surface area (Å²) < 4.78 is 14.9. The van der Waals surface area contributed by atoms with Gasteiger partial charge in [0.1, 0.15) is 5.82 Å². The fraction of sp³-hybridized carbons (Fsp3) is 0.250. The molecule has 0 aliphatic carbocycles. The number of rotatable bonds is 4. The Morgan fingerprint density at radius 3 is 2.88 bits per heavy atom. The van der Waals surface area contributed by atoms with Gasteiger partial charge in [-0.25, -0.2) is 4.39 Å². The minimum absolute atomic E-state index is 0.283. The van der Waals surface area contributed by atoms with Gasteiger partial charge in [0.15, 0.2) is 0 Å². The first-order valence-electron chi connectivity index (χ1n) is 5.30. The summed E-state index contributed by atoms with van der Waals surface area (Å²) >= 11 is 1.60. The highest BCUT2D eigenvalue weighted by atomic mass is 32.2. The number of hydrogen-bond donors (Lipinski definition) is 1. The maximum atomic E-state index is 13.1. The molecular formula is C12H14FN3S. The van der Waals surface area contributed by atoms with Gasteiger partial charge in [-0.2, -0.15) is 5.10 Å². The Labute approximate surface area is 104 Å². The van der Waals surface area contributed by atoms with Gasteiger partial charge in [-0.3, -0.25) is 4.68 Å². The smallest absolute Gasteiger partial charge is 0.126 e. The van der Waals surface area contributed by atoms with Crippen molar-refractivity contribution in [3.05, 3.63) is 42.0 Å². The summed E-state index contributed by atoms with van der Waals surface area (Å²) in [6.45, 7) is 0. The van der Waals surface area contributed by atoms with Crippen molar-refractivity contribution in [1.29, 1.82) is 0 Å². The molecule has 0 amide bonds. The summed E-state index contributed by atoms with van der Waals surface area (Å²) in [7, 11) is 1.89. The average Bonchev–Trinajstić information content (AvgIpc) is 2.63. The minimum Gasteiger partial charge on any atom is -0.399 e. The first-order valence-corrected chi connectivity index (χ1v) is 6.28. The second-order valence-electron chi connectivity index (χ2n) is 3.84. The molecule has 0 spiro atoms. The molecule has 2 N–H and O–H groups in total. The number of halogens is 1. The van der Waals surface area contributed by atoms with Crippen molar-refractivity contribution in [2.24, 2.45) is 7.05 Å². The number of benzene rings is 1. The maximum absolute atomic E-state index is 13.1. The van der Waals surface area contributed by atoms with Crippen molar-refractivity contribution in [3.63, 3.8) is 0 Å². The molecule has 90 valence electrons. The van der Waals surface area contributed by atoms with E-state index in [1.54, 1.807) is 22.5 Å². The van der Waals surface area contributed by atoms with E-state index in [1.807, 2.05) is 19.4 Å². The van der Waals surface area contributed by atoms with E-state index in [1.165, 1.54) is 17.7 Å². The highest BCUT2D eigenvalue weighted by Crippen LogP contribution is 2.22. The molecule has 0 aliphatic rings. The summed E-state index contributed by atoms with van der Waals surface area (Å²) in [5.41, 5.74) is 7.23. The fourth-order valence-electron chi connectivity index (χ4n) is 1.56. The number of nitrogens with zero attached hydrogens (tertiary/aromatic N) is 2. The maximum Gasteiger partial charge on any atom is 0.126 e. The number of hydrogen-bond acceptors (Lipinski definition) is 3. The molecule has 17 heavy (non-hydrogen) atoms. The Morgan fingerprint density at radius 2 is 2.24 bits per heavy atom. The second-order valence-corrected chi connectivity index (χ2v) is 5.01. The molecule has 2 rings (SSSR count). The van der Waals surface area contributed by atoms with Crippen LogP contribution in [0.25, 0.3) is 0 Å². The Balaban J connectivity index is 1.89. The van der Waals surface area contributed by atoms with E-state index < -0.39 is 0 Å². The van der Waals surface area contributed by atoms with Crippen LogP contribution in [0, 0.1) is 5.82 Å². The van der Waals surface area contributed by atoms with Crippen LogP contribution in [-0.2, 0) is 13.5 Å². The summed E-state index contributed by atoms with van der Waals surface area (Å²) in [6.07, 6.45) is 4.75. The van der Waals surface area contributed by atoms with Gasteiger partial charge in [-0.1, -0.05) is 0 Å². The van der Waals surface area contributed by atoms with Crippen LogP contribution in [0.4, 0.5) is 10.1 Å². The van der Waals surface area contributed by atoms with Gasteiger partial charge < -0.3 is 5.73 Å². The molecule has 3 nitrogen and oxygen atoms in total. The molecule has 0 fully saturated rings. The summed E-state index contributed by atoms with van der Waals surface area (Å²) in [4.78, 5) is 0.867. The molecule has 0 radical (unpaired) electrons. The number of aromatic nitrogens is 2. The van der Waals surface area contributed by atoms with E-state index >= 15 is 0 Å². The third-order valence-corrected chi connectivity index (χ3v) is 3.29. The zero-order valence-electron chi connectivity index (χ0n) is 9.56. The fourth-order valence-corrected chi connectivity index (χ4v) is 2.54. The van der Waals surface area contributed by atoms with Crippen molar-refractivity contribution in [1.82, 2.24) is 9.78 Å². The predicted octanol–water partition coefficient (Wildman–Crippen LogP) is 2.48. The van der Waals surface area contributed by atoms with Gasteiger partial charge in [0.25, 0.3) is 0 Å². The third-order valence-electron chi connectivity index (χ3n) is 2.31. The summed E-state index contributed by atoms with van der Waals surface area (Å²) in [6, 6.07) is 4.62. The van der Waals surface area contributed by atoms with Crippen LogP contribution in [-0.4, -0.2) is 15.5 Å². The molecule has 0 unspecified atom stereocenters. The molecule has 1 heterocycles. The topological polar surface area (TPSA) is 43.8 Å². The summed E-state index contributed by atoms with van der Waals surface area (Å²) in [5, 5.41) is 4.10. The Kier molecular flexibility index (Phi) is 3.68. The molecule has 0 saturated carbocycles. The molecule has 0 bridgehead atoms. The van der Waals surface area contributed by atoms with Gasteiger partial charge in [0, 0.05) is 29.6 Å². The largest absolute Gasteiger partial charge is 0.399 e. The molecule has 0 saturated heterocycles. The van der Waals surface area contributed by atoms with E-state index in [-0.39, 0.29) is 5.82 Å². The first kappa shape index (κ1) is 12.0. The van der Waals surface area contributed by atoms with E-state index in [2.05, 4.69) is 5.10 Å². The van der Waals surface area contributed by atoms with Crippen molar-refractivity contribution in [3.8, 4) is 0 Å². The quantitative estimate of drug-likeness (QED) is 0.670. The number of nitrogens with two attached hydrogens (primary N) is 1. The molecule has 1 aromatic heterocycles. The molecule has 0 atom stereocenters. The van der Waals surface area contributed by atoms with Gasteiger partial charge in [-0.05, 0) is 30.2 Å². The van der Waals surface area contributed by atoms with E-state index in [0.717, 1.165) is 17.1 Å². The Bertz CT molecular complexity index is 490. The SMILES string of the molecule is Cn1cc(CCSc2cc(N)cc(F)c2)cn1. The number of nitrogen functional groups attached to an aromatic ring is 1. The zero-order chi connectivity index (χ0) is 12.3. The van der Waals surface area contributed by atoms with Crippen molar-refractivity contribution in [2.75, 3.05) is 11.5 Å². The van der Waals surface area contributed by atoms with Crippen molar-refractivity contribution in [2.45, 2.75) is 11.3 Å². The van der Waals surface area contributed by atoms with Crippen LogP contribution in [0.15, 0.2) is 35.5 Å². The Hall–Kier alpha value is -1.49. The van der Waals surface area contributed by atoms with Gasteiger partial charge in [0.2, 0.25) is 0 Å². The predicted molar refractivity (Wildman–Crippen MR) is 68.4 cm³/mol. The lowest BCUT2D eigenvalue weighted by atomic mass is 10.3. The standard InChI is InChI=1S/C12H14FN3S/c1-16-8-9(7-15-16)2-3-17-12-5-10(13)4-11(14)6-12/h4-8H,2-3,14H2,1H3. The van der Waals surface area contributed by atoms with Crippen LogP contribution in [0.2, 0.25) is 0 Å². The minimum atomic E-state index is -0.283. The number of anilines is 1. The Morgan fingerprint density at radius 1 is 1.41 bits per heavy atom. The highest BCUT2D eigenvalue weighted by Gasteiger charge is 2.01.